The van der Waals surface area contributed by atoms with Crippen LogP contribution in [0, 0.1) is 20.8 Å². The summed E-state index contributed by atoms with van der Waals surface area (Å²) >= 11 is 1.43. The molecule has 1 aromatic carbocycles. The molecular formula is C13H16N4OS. The van der Waals surface area contributed by atoms with Crippen molar-refractivity contribution >= 4 is 17.7 Å². The standard InChI is InChI=1S/C13H16N4OS/c1-8-5-6-11(7-9(8)2)12(18)16-17-10(3)14-15-13(17)19-4/h5-7H,1-4H3,(H,16,18). The molecule has 0 fully saturated rings. The van der Waals surface area contributed by atoms with Gasteiger partial charge >= 0.3 is 0 Å². The van der Waals surface area contributed by atoms with E-state index in [2.05, 4.69) is 15.6 Å². The number of benzene rings is 1. The van der Waals surface area contributed by atoms with Gasteiger partial charge in [-0.1, -0.05) is 17.8 Å². The molecule has 1 N–H and O–H groups in total. The van der Waals surface area contributed by atoms with Crippen molar-refractivity contribution in [3.05, 3.63) is 40.7 Å². The molecule has 0 aliphatic carbocycles. The van der Waals surface area contributed by atoms with Gasteiger partial charge in [0.25, 0.3) is 5.91 Å². The second kappa shape index (κ2) is 5.44. The van der Waals surface area contributed by atoms with Gasteiger partial charge in [-0.05, 0) is 50.3 Å². The predicted molar refractivity (Wildman–Crippen MR) is 76.1 cm³/mol. The van der Waals surface area contributed by atoms with Crippen LogP contribution in [0.15, 0.2) is 23.4 Å². The maximum Gasteiger partial charge on any atom is 0.270 e. The van der Waals surface area contributed by atoms with Crippen LogP contribution in [0.3, 0.4) is 0 Å². The third-order valence-electron chi connectivity index (χ3n) is 2.96. The third kappa shape index (κ3) is 2.78. The lowest BCUT2D eigenvalue weighted by molar-refractivity contribution is 0.100. The van der Waals surface area contributed by atoms with Crippen LogP contribution in [0.25, 0.3) is 0 Å². The molecule has 5 nitrogen and oxygen atoms in total. The number of hydrogen-bond acceptors (Lipinski definition) is 4. The van der Waals surface area contributed by atoms with Crippen molar-refractivity contribution in [3.8, 4) is 0 Å². The lowest BCUT2D eigenvalue weighted by Crippen LogP contribution is -2.24. The van der Waals surface area contributed by atoms with Crippen molar-refractivity contribution in [1.82, 2.24) is 14.9 Å². The number of aryl methyl sites for hydroxylation is 3. The van der Waals surface area contributed by atoms with Crippen molar-refractivity contribution in [3.63, 3.8) is 0 Å². The van der Waals surface area contributed by atoms with Crippen molar-refractivity contribution in [2.45, 2.75) is 25.9 Å². The summed E-state index contributed by atoms with van der Waals surface area (Å²) in [6, 6.07) is 5.64. The number of carbonyl (C=O) groups is 1. The second-order valence-electron chi connectivity index (χ2n) is 4.31. The van der Waals surface area contributed by atoms with Crippen LogP contribution >= 0.6 is 11.8 Å². The fourth-order valence-corrected chi connectivity index (χ4v) is 2.14. The van der Waals surface area contributed by atoms with E-state index < -0.39 is 0 Å². The van der Waals surface area contributed by atoms with Gasteiger partial charge in [0, 0.05) is 5.56 Å². The highest BCUT2D eigenvalue weighted by molar-refractivity contribution is 7.98. The van der Waals surface area contributed by atoms with Gasteiger partial charge in [0.1, 0.15) is 5.82 Å². The Balaban J connectivity index is 2.25. The lowest BCUT2D eigenvalue weighted by Gasteiger charge is -2.10. The zero-order valence-corrected chi connectivity index (χ0v) is 12.2. The highest BCUT2D eigenvalue weighted by Gasteiger charge is 2.12. The first-order valence-corrected chi connectivity index (χ1v) is 7.10. The molecule has 0 spiro atoms. The fraction of sp³-hybridized carbons (Fsp3) is 0.308. The van der Waals surface area contributed by atoms with Gasteiger partial charge in [-0.3, -0.25) is 10.2 Å². The molecular weight excluding hydrogens is 260 g/mol. The van der Waals surface area contributed by atoms with Gasteiger partial charge in [-0.25, -0.2) is 4.68 Å². The van der Waals surface area contributed by atoms with E-state index in [0.29, 0.717) is 16.5 Å². The summed E-state index contributed by atoms with van der Waals surface area (Å²) in [6.07, 6.45) is 1.89. The molecule has 0 aliphatic heterocycles. The van der Waals surface area contributed by atoms with Gasteiger partial charge in [0.2, 0.25) is 5.16 Å². The number of rotatable bonds is 3. The molecule has 0 aliphatic rings. The average Bonchev–Trinajstić information content (AvgIpc) is 2.74. The Bertz CT molecular complexity index is 621. The molecule has 1 aromatic heterocycles. The zero-order valence-electron chi connectivity index (χ0n) is 11.4. The molecule has 0 saturated carbocycles. The van der Waals surface area contributed by atoms with Gasteiger partial charge in [0.05, 0.1) is 0 Å². The van der Waals surface area contributed by atoms with Gasteiger partial charge in [-0.2, -0.15) is 0 Å². The third-order valence-corrected chi connectivity index (χ3v) is 3.59. The molecule has 19 heavy (non-hydrogen) atoms. The highest BCUT2D eigenvalue weighted by atomic mass is 32.2. The Morgan fingerprint density at radius 2 is 1.95 bits per heavy atom. The normalized spacial score (nSPS) is 10.5. The largest absolute Gasteiger partial charge is 0.270 e. The molecule has 100 valence electrons. The minimum atomic E-state index is -0.165. The number of thioether (sulfide) groups is 1. The minimum absolute atomic E-state index is 0.165. The number of carbonyl (C=O) groups excluding carboxylic acids is 1. The lowest BCUT2D eigenvalue weighted by atomic mass is 10.1. The van der Waals surface area contributed by atoms with E-state index in [-0.39, 0.29) is 5.91 Å². The quantitative estimate of drug-likeness (QED) is 0.874. The van der Waals surface area contributed by atoms with Crippen LogP contribution in [0.5, 0.6) is 0 Å². The minimum Gasteiger partial charge on any atom is -0.267 e. The van der Waals surface area contributed by atoms with Gasteiger partial charge < -0.3 is 0 Å². The van der Waals surface area contributed by atoms with E-state index in [0.717, 1.165) is 5.56 Å². The number of aromatic nitrogens is 3. The summed E-state index contributed by atoms with van der Waals surface area (Å²) in [5.41, 5.74) is 5.70. The fourth-order valence-electron chi connectivity index (χ4n) is 1.65. The Kier molecular flexibility index (Phi) is 3.90. The topological polar surface area (TPSA) is 59.8 Å². The Morgan fingerprint density at radius 1 is 1.21 bits per heavy atom. The number of nitrogens with one attached hydrogen (secondary N) is 1. The summed E-state index contributed by atoms with van der Waals surface area (Å²) < 4.78 is 1.60. The van der Waals surface area contributed by atoms with Crippen molar-refractivity contribution in [2.24, 2.45) is 0 Å². The molecule has 0 bridgehead atoms. The SMILES string of the molecule is CSc1nnc(C)n1NC(=O)c1ccc(C)c(C)c1. The van der Waals surface area contributed by atoms with Crippen LogP contribution in [0.4, 0.5) is 0 Å². The summed E-state index contributed by atoms with van der Waals surface area (Å²) in [6.45, 7) is 5.81. The Morgan fingerprint density at radius 3 is 2.58 bits per heavy atom. The van der Waals surface area contributed by atoms with Crippen molar-refractivity contribution in [2.75, 3.05) is 11.7 Å². The van der Waals surface area contributed by atoms with Crippen LogP contribution in [0.2, 0.25) is 0 Å². The van der Waals surface area contributed by atoms with E-state index in [1.54, 1.807) is 11.6 Å². The van der Waals surface area contributed by atoms with E-state index in [1.165, 1.54) is 17.3 Å². The summed E-state index contributed by atoms with van der Waals surface area (Å²) in [5.74, 6) is 0.489. The summed E-state index contributed by atoms with van der Waals surface area (Å²) in [7, 11) is 0. The van der Waals surface area contributed by atoms with Gasteiger partial charge in [0.15, 0.2) is 0 Å². The van der Waals surface area contributed by atoms with E-state index in [9.17, 15) is 4.79 Å². The average molecular weight is 276 g/mol. The molecule has 0 atom stereocenters. The monoisotopic (exact) mass is 276 g/mol. The molecule has 0 radical (unpaired) electrons. The predicted octanol–water partition coefficient (Wildman–Crippen LogP) is 2.31. The molecule has 6 heteroatoms. The van der Waals surface area contributed by atoms with Gasteiger partial charge in [-0.15, -0.1) is 10.2 Å². The maximum atomic E-state index is 12.2. The molecule has 1 heterocycles. The maximum absolute atomic E-state index is 12.2. The van der Waals surface area contributed by atoms with Crippen molar-refractivity contribution < 1.29 is 4.79 Å². The number of amides is 1. The van der Waals surface area contributed by atoms with Crippen LogP contribution in [-0.4, -0.2) is 27.0 Å². The smallest absolute Gasteiger partial charge is 0.267 e. The van der Waals surface area contributed by atoms with Crippen LogP contribution in [0.1, 0.15) is 27.3 Å². The molecule has 2 rings (SSSR count). The summed E-state index contributed by atoms with van der Waals surface area (Å²) in [4.78, 5) is 12.2. The summed E-state index contributed by atoms with van der Waals surface area (Å²) in [5, 5.41) is 8.58. The zero-order chi connectivity index (χ0) is 14.0. The first kappa shape index (κ1) is 13.6. The first-order valence-electron chi connectivity index (χ1n) is 5.87. The van der Waals surface area contributed by atoms with Crippen molar-refractivity contribution in [1.29, 1.82) is 0 Å². The van der Waals surface area contributed by atoms with E-state index in [4.69, 9.17) is 0 Å². The van der Waals surface area contributed by atoms with E-state index >= 15 is 0 Å². The number of nitrogens with zero attached hydrogens (tertiary/aromatic N) is 3. The van der Waals surface area contributed by atoms with Crippen LogP contribution < -0.4 is 5.43 Å². The first-order chi connectivity index (χ1) is 9.02. The van der Waals surface area contributed by atoms with E-state index in [1.807, 2.05) is 38.3 Å². The number of hydrogen-bond donors (Lipinski definition) is 1. The Labute approximate surface area is 116 Å². The Hall–Kier alpha value is -1.82. The molecule has 0 saturated heterocycles. The molecule has 2 aromatic rings. The molecule has 0 unspecified atom stereocenters. The van der Waals surface area contributed by atoms with Crippen LogP contribution in [-0.2, 0) is 0 Å². The molecule has 1 amide bonds. The second-order valence-corrected chi connectivity index (χ2v) is 5.08. The highest BCUT2D eigenvalue weighted by Crippen LogP contribution is 2.13.